The van der Waals surface area contributed by atoms with E-state index in [2.05, 4.69) is 46.5 Å². The van der Waals surface area contributed by atoms with Crippen molar-refractivity contribution in [2.24, 2.45) is 0 Å². The highest BCUT2D eigenvalue weighted by molar-refractivity contribution is 7.17. The van der Waals surface area contributed by atoms with Gasteiger partial charge in [-0.05, 0) is 26.3 Å². The zero-order valence-electron chi connectivity index (χ0n) is 14.7. The normalized spacial score (nSPS) is 10.8. The van der Waals surface area contributed by atoms with Gasteiger partial charge in [0, 0.05) is 24.0 Å². The monoisotopic (exact) mass is 355 g/mol. The fourth-order valence-electron chi connectivity index (χ4n) is 2.70. The van der Waals surface area contributed by atoms with Gasteiger partial charge < -0.3 is 9.64 Å². The summed E-state index contributed by atoms with van der Waals surface area (Å²) < 4.78 is 5.77. The van der Waals surface area contributed by atoms with Crippen molar-refractivity contribution in [3.8, 4) is 17.0 Å². The fourth-order valence-corrected chi connectivity index (χ4v) is 3.61. The first kappa shape index (κ1) is 17.4. The number of hydrogen-bond acceptors (Lipinski definition) is 5. The van der Waals surface area contributed by atoms with Crippen molar-refractivity contribution in [3.63, 3.8) is 0 Å². The molecule has 0 atom stereocenters. The van der Waals surface area contributed by atoms with E-state index < -0.39 is 0 Å². The second kappa shape index (κ2) is 7.61. The van der Waals surface area contributed by atoms with Crippen LogP contribution in [0.1, 0.15) is 19.4 Å². The summed E-state index contributed by atoms with van der Waals surface area (Å²) in [4.78, 5) is 23.4. The third-order valence-corrected chi connectivity index (χ3v) is 5.03. The molecule has 2 aromatic heterocycles. The van der Waals surface area contributed by atoms with Gasteiger partial charge in [0.2, 0.25) is 5.88 Å². The Bertz CT molecular complexity index is 870. The number of aryl methyl sites for hydroxylation is 1. The molecule has 2 heterocycles. The molecule has 0 aliphatic rings. The lowest BCUT2D eigenvalue weighted by molar-refractivity contribution is -0.133. The van der Waals surface area contributed by atoms with Crippen LogP contribution >= 0.6 is 11.3 Å². The molecule has 1 amide bonds. The van der Waals surface area contributed by atoms with Crippen molar-refractivity contribution < 1.29 is 9.53 Å². The van der Waals surface area contributed by atoms with Crippen LogP contribution in [0.2, 0.25) is 0 Å². The minimum absolute atomic E-state index is 0.0169. The average molecular weight is 355 g/mol. The van der Waals surface area contributed by atoms with E-state index in [9.17, 15) is 4.79 Å². The summed E-state index contributed by atoms with van der Waals surface area (Å²) in [6.07, 6.45) is 1.48. The number of thiophene rings is 1. The molecule has 0 aliphatic carbocycles. The summed E-state index contributed by atoms with van der Waals surface area (Å²) in [7, 11) is 0. The Morgan fingerprint density at radius 1 is 1.16 bits per heavy atom. The predicted molar refractivity (Wildman–Crippen MR) is 101 cm³/mol. The number of rotatable bonds is 6. The molecule has 3 rings (SSSR count). The van der Waals surface area contributed by atoms with Crippen molar-refractivity contribution in [2.75, 3.05) is 19.7 Å². The van der Waals surface area contributed by atoms with Crippen molar-refractivity contribution in [2.45, 2.75) is 20.8 Å². The number of hydrogen-bond donors (Lipinski definition) is 0. The molecule has 0 radical (unpaired) electrons. The minimum atomic E-state index is -0.0381. The Labute approximate surface area is 151 Å². The van der Waals surface area contributed by atoms with Crippen LogP contribution in [0.3, 0.4) is 0 Å². The summed E-state index contributed by atoms with van der Waals surface area (Å²) in [5.41, 5.74) is 3.33. The Hall–Kier alpha value is -2.47. The van der Waals surface area contributed by atoms with Gasteiger partial charge in [-0.2, -0.15) is 0 Å². The summed E-state index contributed by atoms with van der Waals surface area (Å²) in [6.45, 7) is 7.30. The molecule has 0 saturated heterocycles. The topological polar surface area (TPSA) is 55.3 Å². The molecule has 6 heteroatoms. The number of ether oxygens (including phenoxy) is 1. The summed E-state index contributed by atoms with van der Waals surface area (Å²) in [6, 6.07) is 8.31. The lowest BCUT2D eigenvalue weighted by atomic mass is 10.0. The van der Waals surface area contributed by atoms with Crippen molar-refractivity contribution in [1.82, 2.24) is 14.9 Å². The van der Waals surface area contributed by atoms with Crippen LogP contribution in [0, 0.1) is 6.92 Å². The molecule has 130 valence electrons. The number of benzene rings is 1. The van der Waals surface area contributed by atoms with E-state index in [1.165, 1.54) is 11.9 Å². The van der Waals surface area contributed by atoms with Gasteiger partial charge >= 0.3 is 0 Å². The molecule has 25 heavy (non-hydrogen) atoms. The molecule has 0 spiro atoms. The molecule has 0 saturated carbocycles. The lowest BCUT2D eigenvalue weighted by Crippen LogP contribution is -2.34. The summed E-state index contributed by atoms with van der Waals surface area (Å²) in [5.74, 6) is 0.422. The Balaban J connectivity index is 1.92. The van der Waals surface area contributed by atoms with Crippen LogP contribution in [0.5, 0.6) is 5.88 Å². The molecule has 0 aliphatic heterocycles. The van der Waals surface area contributed by atoms with E-state index in [0.29, 0.717) is 19.0 Å². The highest BCUT2D eigenvalue weighted by atomic mass is 32.1. The molecule has 5 nitrogen and oxygen atoms in total. The molecule has 3 aromatic rings. The smallest absolute Gasteiger partial charge is 0.260 e. The summed E-state index contributed by atoms with van der Waals surface area (Å²) >= 11 is 1.55. The van der Waals surface area contributed by atoms with E-state index in [1.807, 2.05) is 13.8 Å². The largest absolute Gasteiger partial charge is 0.467 e. The van der Waals surface area contributed by atoms with Crippen LogP contribution in [-0.4, -0.2) is 40.5 Å². The Morgan fingerprint density at radius 2 is 1.88 bits per heavy atom. The maximum Gasteiger partial charge on any atom is 0.260 e. The number of fused-ring (bicyclic) bond motifs is 1. The molecule has 0 fully saturated rings. The van der Waals surface area contributed by atoms with Crippen molar-refractivity contribution in [1.29, 1.82) is 0 Å². The number of amides is 1. The molecule has 0 bridgehead atoms. The van der Waals surface area contributed by atoms with Crippen molar-refractivity contribution in [3.05, 3.63) is 41.5 Å². The van der Waals surface area contributed by atoms with Gasteiger partial charge in [-0.1, -0.05) is 29.8 Å². The first-order valence-electron chi connectivity index (χ1n) is 8.33. The van der Waals surface area contributed by atoms with Crippen LogP contribution in [0.4, 0.5) is 0 Å². The number of carbonyl (C=O) groups is 1. The van der Waals surface area contributed by atoms with E-state index >= 15 is 0 Å². The Kier molecular flexibility index (Phi) is 5.28. The van der Waals surface area contributed by atoms with Crippen LogP contribution < -0.4 is 4.74 Å². The fraction of sp³-hybridized carbons (Fsp3) is 0.316. The molecular formula is C19H21N3O2S. The third kappa shape index (κ3) is 3.64. The second-order valence-electron chi connectivity index (χ2n) is 5.73. The highest BCUT2D eigenvalue weighted by Gasteiger charge is 2.16. The van der Waals surface area contributed by atoms with E-state index in [1.54, 1.807) is 16.2 Å². The molecule has 1 aromatic carbocycles. The highest BCUT2D eigenvalue weighted by Crippen LogP contribution is 2.37. The van der Waals surface area contributed by atoms with Gasteiger partial charge in [-0.15, -0.1) is 11.3 Å². The first-order valence-corrected chi connectivity index (χ1v) is 9.21. The molecular weight excluding hydrogens is 334 g/mol. The first-order chi connectivity index (χ1) is 12.1. The van der Waals surface area contributed by atoms with Gasteiger partial charge in [0.05, 0.1) is 5.39 Å². The van der Waals surface area contributed by atoms with Gasteiger partial charge in [0.1, 0.15) is 11.2 Å². The van der Waals surface area contributed by atoms with Crippen LogP contribution in [-0.2, 0) is 4.79 Å². The average Bonchev–Trinajstić information content (AvgIpc) is 3.06. The van der Waals surface area contributed by atoms with Crippen LogP contribution in [0.25, 0.3) is 21.3 Å². The minimum Gasteiger partial charge on any atom is -0.467 e. The quantitative estimate of drug-likeness (QED) is 0.673. The number of carbonyl (C=O) groups excluding carboxylic acids is 1. The maximum atomic E-state index is 12.2. The third-order valence-electron chi connectivity index (χ3n) is 4.15. The van der Waals surface area contributed by atoms with Gasteiger partial charge in [-0.3, -0.25) is 4.79 Å². The predicted octanol–water partition coefficient (Wildman–Crippen LogP) is 3.91. The zero-order valence-corrected chi connectivity index (χ0v) is 15.5. The number of aromatic nitrogens is 2. The van der Waals surface area contributed by atoms with Gasteiger partial charge in [0.15, 0.2) is 6.61 Å². The Morgan fingerprint density at radius 3 is 2.56 bits per heavy atom. The summed E-state index contributed by atoms with van der Waals surface area (Å²) in [5, 5.41) is 2.92. The number of nitrogens with zero attached hydrogens (tertiary/aromatic N) is 3. The SMILES string of the molecule is CCN(CC)C(=O)COc1ncnc2scc(-c3ccc(C)cc3)c12. The molecule has 0 N–H and O–H groups in total. The molecule has 0 unspecified atom stereocenters. The lowest BCUT2D eigenvalue weighted by Gasteiger charge is -2.18. The van der Waals surface area contributed by atoms with Gasteiger partial charge in [-0.25, -0.2) is 9.97 Å². The van der Waals surface area contributed by atoms with E-state index in [-0.39, 0.29) is 12.5 Å². The van der Waals surface area contributed by atoms with Gasteiger partial charge in [0.25, 0.3) is 5.91 Å². The zero-order chi connectivity index (χ0) is 17.8. The van der Waals surface area contributed by atoms with Crippen LogP contribution in [0.15, 0.2) is 36.0 Å². The standard InChI is InChI=1S/C19H21N3O2S/c1-4-22(5-2)16(23)10-24-18-17-15(11-25-19(17)21-12-20-18)14-8-6-13(3)7-9-14/h6-9,11-12H,4-5,10H2,1-3H3. The second-order valence-corrected chi connectivity index (χ2v) is 6.59. The van der Waals surface area contributed by atoms with Crippen molar-refractivity contribution >= 4 is 27.5 Å². The number of likely N-dealkylation sites (N-methyl/N-ethyl adjacent to an activating group) is 1. The van der Waals surface area contributed by atoms with E-state index in [0.717, 1.165) is 21.3 Å². The maximum absolute atomic E-state index is 12.2. The van der Waals surface area contributed by atoms with E-state index in [4.69, 9.17) is 4.74 Å².